The van der Waals surface area contributed by atoms with Crippen molar-refractivity contribution in [2.45, 2.75) is 0 Å². The zero-order valence-electron chi connectivity index (χ0n) is 14.0. The SMILES string of the molecule is COc1ccc(-c2nc3ccccc3c(=O)n2-c2ccccc2Br)cc1. The Morgan fingerprint density at radius 3 is 2.35 bits per heavy atom. The predicted octanol–water partition coefficient (Wildman–Crippen LogP) is 4.82. The van der Waals surface area contributed by atoms with Gasteiger partial charge < -0.3 is 4.74 Å². The molecule has 0 amide bonds. The fraction of sp³-hybridized carbons (Fsp3) is 0.0476. The molecule has 0 radical (unpaired) electrons. The summed E-state index contributed by atoms with van der Waals surface area (Å²) in [5.41, 5.74) is 2.16. The minimum absolute atomic E-state index is 0.103. The van der Waals surface area contributed by atoms with Gasteiger partial charge in [-0.05, 0) is 64.5 Å². The van der Waals surface area contributed by atoms with Gasteiger partial charge in [0.15, 0.2) is 0 Å². The van der Waals surface area contributed by atoms with Crippen molar-refractivity contribution in [3.8, 4) is 22.8 Å². The van der Waals surface area contributed by atoms with Crippen LogP contribution in [0.1, 0.15) is 0 Å². The maximum absolute atomic E-state index is 13.3. The maximum Gasteiger partial charge on any atom is 0.266 e. The molecule has 1 aromatic heterocycles. The van der Waals surface area contributed by atoms with Crippen molar-refractivity contribution in [3.05, 3.63) is 87.6 Å². The highest BCUT2D eigenvalue weighted by Crippen LogP contribution is 2.27. The molecule has 4 nitrogen and oxygen atoms in total. The van der Waals surface area contributed by atoms with Crippen LogP contribution in [-0.4, -0.2) is 16.7 Å². The molecule has 0 atom stereocenters. The molecule has 0 aliphatic heterocycles. The number of methoxy groups -OCH3 is 1. The van der Waals surface area contributed by atoms with E-state index in [1.165, 1.54) is 0 Å². The lowest BCUT2D eigenvalue weighted by Gasteiger charge is -2.15. The Kier molecular flexibility index (Phi) is 4.31. The number of aromatic nitrogens is 2. The lowest BCUT2D eigenvalue weighted by molar-refractivity contribution is 0.415. The van der Waals surface area contributed by atoms with E-state index in [9.17, 15) is 4.79 Å². The quantitative estimate of drug-likeness (QED) is 0.489. The van der Waals surface area contributed by atoms with Crippen LogP contribution in [0.4, 0.5) is 0 Å². The summed E-state index contributed by atoms with van der Waals surface area (Å²) in [4.78, 5) is 18.1. The first-order valence-corrected chi connectivity index (χ1v) is 8.89. The molecule has 4 aromatic rings. The van der Waals surface area contributed by atoms with Crippen LogP contribution in [-0.2, 0) is 0 Å². The van der Waals surface area contributed by atoms with Gasteiger partial charge in [-0.3, -0.25) is 9.36 Å². The molecule has 0 N–H and O–H groups in total. The first-order valence-electron chi connectivity index (χ1n) is 8.10. The van der Waals surface area contributed by atoms with E-state index in [-0.39, 0.29) is 5.56 Å². The van der Waals surface area contributed by atoms with E-state index in [0.717, 1.165) is 21.5 Å². The van der Waals surface area contributed by atoms with Gasteiger partial charge in [0.25, 0.3) is 5.56 Å². The van der Waals surface area contributed by atoms with Crippen molar-refractivity contribution in [1.29, 1.82) is 0 Å². The average Bonchev–Trinajstić information content (AvgIpc) is 2.69. The Balaban J connectivity index is 2.08. The van der Waals surface area contributed by atoms with Crippen molar-refractivity contribution < 1.29 is 4.74 Å². The number of halogens is 1. The molecule has 0 aliphatic carbocycles. The van der Waals surface area contributed by atoms with Gasteiger partial charge in [-0.15, -0.1) is 0 Å². The minimum atomic E-state index is -0.103. The Bertz CT molecular complexity index is 1150. The smallest absolute Gasteiger partial charge is 0.266 e. The summed E-state index contributed by atoms with van der Waals surface area (Å²) < 4.78 is 7.71. The van der Waals surface area contributed by atoms with Crippen molar-refractivity contribution in [3.63, 3.8) is 0 Å². The molecule has 26 heavy (non-hydrogen) atoms. The van der Waals surface area contributed by atoms with Gasteiger partial charge in [0.2, 0.25) is 0 Å². The molecule has 0 bridgehead atoms. The summed E-state index contributed by atoms with van der Waals surface area (Å²) in [6, 6.07) is 22.6. The summed E-state index contributed by atoms with van der Waals surface area (Å²) in [5, 5.41) is 0.584. The summed E-state index contributed by atoms with van der Waals surface area (Å²) >= 11 is 3.55. The van der Waals surface area contributed by atoms with E-state index in [1.54, 1.807) is 17.7 Å². The van der Waals surface area contributed by atoms with Crippen molar-refractivity contribution in [1.82, 2.24) is 9.55 Å². The van der Waals surface area contributed by atoms with Gasteiger partial charge >= 0.3 is 0 Å². The van der Waals surface area contributed by atoms with Crippen LogP contribution in [0, 0.1) is 0 Å². The molecule has 4 rings (SSSR count). The number of hydrogen-bond acceptors (Lipinski definition) is 3. The van der Waals surface area contributed by atoms with Gasteiger partial charge in [0.05, 0.1) is 23.7 Å². The number of para-hydroxylation sites is 2. The monoisotopic (exact) mass is 406 g/mol. The van der Waals surface area contributed by atoms with E-state index in [0.29, 0.717) is 16.7 Å². The number of nitrogens with zero attached hydrogens (tertiary/aromatic N) is 2. The predicted molar refractivity (Wildman–Crippen MR) is 107 cm³/mol. The highest BCUT2D eigenvalue weighted by molar-refractivity contribution is 9.10. The third-order valence-electron chi connectivity index (χ3n) is 4.22. The normalized spacial score (nSPS) is 10.8. The molecule has 0 unspecified atom stereocenters. The third kappa shape index (κ3) is 2.80. The highest BCUT2D eigenvalue weighted by atomic mass is 79.9. The second kappa shape index (κ2) is 6.77. The maximum atomic E-state index is 13.3. The molecule has 1 heterocycles. The molecule has 0 saturated heterocycles. The number of hydrogen-bond donors (Lipinski definition) is 0. The van der Waals surface area contributed by atoms with Crippen LogP contribution >= 0.6 is 15.9 Å². The Morgan fingerprint density at radius 2 is 1.62 bits per heavy atom. The zero-order valence-corrected chi connectivity index (χ0v) is 15.6. The van der Waals surface area contributed by atoms with Gasteiger partial charge in [-0.1, -0.05) is 24.3 Å². The van der Waals surface area contributed by atoms with Crippen LogP contribution in [0.3, 0.4) is 0 Å². The lowest BCUT2D eigenvalue weighted by Crippen LogP contribution is -2.22. The van der Waals surface area contributed by atoms with Crippen LogP contribution in [0.15, 0.2) is 82.1 Å². The topological polar surface area (TPSA) is 44.1 Å². The average molecular weight is 407 g/mol. The van der Waals surface area contributed by atoms with Crippen LogP contribution in [0.25, 0.3) is 28.0 Å². The second-order valence-electron chi connectivity index (χ2n) is 5.77. The molecule has 0 saturated carbocycles. The summed E-state index contributed by atoms with van der Waals surface area (Å²) in [6.07, 6.45) is 0. The van der Waals surface area contributed by atoms with Gasteiger partial charge in [-0.2, -0.15) is 0 Å². The van der Waals surface area contributed by atoms with Crippen LogP contribution in [0.2, 0.25) is 0 Å². The van der Waals surface area contributed by atoms with E-state index in [4.69, 9.17) is 9.72 Å². The fourth-order valence-corrected chi connectivity index (χ4v) is 3.39. The van der Waals surface area contributed by atoms with Crippen molar-refractivity contribution in [2.75, 3.05) is 7.11 Å². The first-order chi connectivity index (χ1) is 12.7. The van der Waals surface area contributed by atoms with Crippen molar-refractivity contribution >= 4 is 26.8 Å². The van der Waals surface area contributed by atoms with Crippen LogP contribution in [0.5, 0.6) is 5.75 Å². The molecule has 0 aliphatic rings. The molecule has 5 heteroatoms. The number of benzene rings is 3. The van der Waals surface area contributed by atoms with E-state index < -0.39 is 0 Å². The Labute approximate surface area is 158 Å². The van der Waals surface area contributed by atoms with Crippen molar-refractivity contribution in [2.24, 2.45) is 0 Å². The first kappa shape index (κ1) is 16.5. The Morgan fingerprint density at radius 1 is 0.923 bits per heavy atom. The number of fused-ring (bicyclic) bond motifs is 1. The van der Waals surface area contributed by atoms with Gasteiger partial charge in [-0.25, -0.2) is 4.98 Å². The highest BCUT2D eigenvalue weighted by Gasteiger charge is 2.16. The number of rotatable bonds is 3. The molecular formula is C21H15BrN2O2. The van der Waals surface area contributed by atoms with E-state index in [1.807, 2.05) is 66.7 Å². The Hall–Kier alpha value is -2.92. The minimum Gasteiger partial charge on any atom is -0.497 e. The summed E-state index contributed by atoms with van der Waals surface area (Å²) in [6.45, 7) is 0. The standard InChI is InChI=1S/C21H15BrN2O2/c1-26-15-12-10-14(11-13-15)20-23-18-8-4-2-6-16(18)21(25)24(20)19-9-5-3-7-17(19)22/h2-13H,1H3. The molecule has 0 fully saturated rings. The molecular weight excluding hydrogens is 392 g/mol. The largest absolute Gasteiger partial charge is 0.497 e. The zero-order chi connectivity index (χ0) is 18.1. The van der Waals surface area contributed by atoms with E-state index in [2.05, 4.69) is 15.9 Å². The second-order valence-corrected chi connectivity index (χ2v) is 6.63. The molecule has 128 valence electrons. The van der Waals surface area contributed by atoms with E-state index >= 15 is 0 Å². The lowest BCUT2D eigenvalue weighted by atomic mass is 10.1. The molecule has 0 spiro atoms. The number of ether oxygens (including phenoxy) is 1. The van der Waals surface area contributed by atoms with Gasteiger partial charge in [0.1, 0.15) is 11.6 Å². The van der Waals surface area contributed by atoms with Gasteiger partial charge in [0, 0.05) is 10.0 Å². The third-order valence-corrected chi connectivity index (χ3v) is 4.89. The summed E-state index contributed by atoms with van der Waals surface area (Å²) in [7, 11) is 1.63. The summed E-state index contributed by atoms with van der Waals surface area (Å²) in [5.74, 6) is 1.34. The molecule has 3 aromatic carbocycles. The van der Waals surface area contributed by atoms with Crippen LogP contribution < -0.4 is 10.3 Å². The fourth-order valence-electron chi connectivity index (χ4n) is 2.92.